The van der Waals surface area contributed by atoms with Gasteiger partial charge in [-0.1, -0.05) is 53.7 Å². The summed E-state index contributed by atoms with van der Waals surface area (Å²) < 4.78 is 11.5. The van der Waals surface area contributed by atoms with Crippen molar-refractivity contribution >= 4 is 17.5 Å². The minimum Gasteiger partial charge on any atom is -0.460 e. The largest absolute Gasteiger partial charge is 0.460 e. The number of esters is 1. The first-order valence-electron chi connectivity index (χ1n) is 14.3. The number of rotatable bonds is 5. The summed E-state index contributed by atoms with van der Waals surface area (Å²) in [4.78, 5) is 38.5. The van der Waals surface area contributed by atoms with Crippen molar-refractivity contribution in [2.24, 2.45) is 39.4 Å². The SMILES string of the molecule is CC(=O)O[C@@H](C[C@@H](C)C1=C2C=C[C@H]3[C@@]4(C)CCC(=O)C(C)(C)C4CC[C@]3(C)[C@@]2(C)CC1=O)[C@H]1OC1(C)C. The molecule has 0 aromatic heterocycles. The first-order valence-corrected chi connectivity index (χ1v) is 14.3. The van der Waals surface area contributed by atoms with E-state index in [0.717, 1.165) is 24.8 Å². The third-order valence-corrected chi connectivity index (χ3v) is 11.8. The van der Waals surface area contributed by atoms with Crippen LogP contribution in [0.15, 0.2) is 23.3 Å². The summed E-state index contributed by atoms with van der Waals surface area (Å²) in [5.41, 5.74) is 1.26. The van der Waals surface area contributed by atoms with Crippen LogP contribution in [0.3, 0.4) is 0 Å². The molecule has 1 heterocycles. The molecule has 3 fully saturated rings. The second-order valence-corrected chi connectivity index (χ2v) is 14.7. The monoisotopic (exact) mass is 510 g/mol. The Morgan fingerprint density at radius 2 is 1.76 bits per heavy atom. The molecule has 5 heteroatoms. The Bertz CT molecular complexity index is 1110. The Hall–Kier alpha value is -1.75. The quantitative estimate of drug-likeness (QED) is 0.316. The molecule has 4 aliphatic carbocycles. The summed E-state index contributed by atoms with van der Waals surface area (Å²) in [7, 11) is 0. The number of Topliss-reactive ketones (excluding diaryl/α,β-unsaturated/α-hetero) is 2. The van der Waals surface area contributed by atoms with Crippen molar-refractivity contribution in [1.82, 2.24) is 0 Å². The number of allylic oxidation sites excluding steroid dienone is 4. The lowest BCUT2D eigenvalue weighted by Crippen LogP contribution is -2.61. The van der Waals surface area contributed by atoms with Gasteiger partial charge in [-0.15, -0.1) is 0 Å². The second kappa shape index (κ2) is 8.13. The average Bonchev–Trinajstić information content (AvgIpc) is 3.31. The van der Waals surface area contributed by atoms with E-state index in [4.69, 9.17) is 9.47 Å². The number of hydrogen-bond donors (Lipinski definition) is 0. The van der Waals surface area contributed by atoms with Crippen LogP contribution in [0.5, 0.6) is 0 Å². The van der Waals surface area contributed by atoms with Crippen molar-refractivity contribution in [2.75, 3.05) is 0 Å². The lowest BCUT2D eigenvalue weighted by Gasteiger charge is -2.66. The van der Waals surface area contributed by atoms with Crippen LogP contribution >= 0.6 is 0 Å². The maximum atomic E-state index is 13.8. The number of epoxide rings is 1. The molecule has 0 radical (unpaired) electrons. The molecule has 8 atom stereocenters. The molecule has 1 unspecified atom stereocenters. The molecule has 5 nitrogen and oxygen atoms in total. The van der Waals surface area contributed by atoms with E-state index >= 15 is 0 Å². The summed E-state index contributed by atoms with van der Waals surface area (Å²) in [6.45, 7) is 19.0. The van der Waals surface area contributed by atoms with Gasteiger partial charge in [0.1, 0.15) is 18.0 Å². The highest BCUT2D eigenvalue weighted by Crippen LogP contribution is 2.72. The van der Waals surface area contributed by atoms with E-state index in [-0.39, 0.29) is 57.1 Å². The fraction of sp³-hybridized carbons (Fsp3) is 0.781. The van der Waals surface area contributed by atoms with Crippen LogP contribution in [0.1, 0.15) is 101 Å². The Balaban J connectivity index is 1.51. The number of fused-ring (bicyclic) bond motifs is 5. The maximum Gasteiger partial charge on any atom is 0.302 e. The Labute approximate surface area is 222 Å². The minimum absolute atomic E-state index is 0.0309. The van der Waals surface area contributed by atoms with Gasteiger partial charge >= 0.3 is 5.97 Å². The van der Waals surface area contributed by atoms with Crippen molar-refractivity contribution in [2.45, 2.75) is 119 Å². The van der Waals surface area contributed by atoms with Crippen molar-refractivity contribution in [3.05, 3.63) is 23.3 Å². The van der Waals surface area contributed by atoms with Crippen molar-refractivity contribution in [3.8, 4) is 0 Å². The van der Waals surface area contributed by atoms with E-state index < -0.39 is 0 Å². The number of carbonyl (C=O) groups is 3. The number of ketones is 2. The summed E-state index contributed by atoms with van der Waals surface area (Å²) in [6.07, 6.45) is 8.91. The summed E-state index contributed by atoms with van der Waals surface area (Å²) in [5, 5.41) is 0. The van der Waals surface area contributed by atoms with Crippen LogP contribution in [0, 0.1) is 39.4 Å². The van der Waals surface area contributed by atoms with E-state index in [1.165, 1.54) is 12.5 Å². The van der Waals surface area contributed by atoms with Gasteiger partial charge in [0.2, 0.25) is 0 Å². The van der Waals surface area contributed by atoms with Gasteiger partial charge in [0.05, 0.1) is 5.60 Å². The van der Waals surface area contributed by atoms with Crippen LogP contribution in [0.4, 0.5) is 0 Å². The zero-order valence-corrected chi connectivity index (χ0v) is 24.3. The van der Waals surface area contributed by atoms with Gasteiger partial charge in [-0.2, -0.15) is 0 Å². The molecule has 0 amide bonds. The Morgan fingerprint density at radius 1 is 1.11 bits per heavy atom. The minimum atomic E-state index is -0.359. The molecule has 0 N–H and O–H groups in total. The zero-order valence-electron chi connectivity index (χ0n) is 24.3. The summed E-state index contributed by atoms with van der Waals surface area (Å²) in [5.74, 6) is 0.993. The predicted octanol–water partition coefficient (Wildman–Crippen LogP) is 6.40. The molecule has 0 spiro atoms. The number of hydrogen-bond acceptors (Lipinski definition) is 5. The van der Waals surface area contributed by atoms with E-state index in [0.29, 0.717) is 36.9 Å². The second-order valence-electron chi connectivity index (χ2n) is 14.7. The molecule has 1 aliphatic heterocycles. The van der Waals surface area contributed by atoms with Crippen LogP contribution in [0.2, 0.25) is 0 Å². The van der Waals surface area contributed by atoms with Gasteiger partial charge in [0.15, 0.2) is 5.78 Å². The molecular formula is C32H46O5. The van der Waals surface area contributed by atoms with E-state index in [2.05, 4.69) is 53.7 Å². The average molecular weight is 511 g/mol. The number of ether oxygens (including phenoxy) is 2. The van der Waals surface area contributed by atoms with E-state index in [1.807, 2.05) is 13.8 Å². The molecular weight excluding hydrogens is 464 g/mol. The molecule has 5 rings (SSSR count). The maximum absolute atomic E-state index is 13.8. The van der Waals surface area contributed by atoms with Crippen LogP contribution in [0.25, 0.3) is 0 Å². The van der Waals surface area contributed by atoms with E-state index in [9.17, 15) is 14.4 Å². The fourth-order valence-electron chi connectivity index (χ4n) is 9.54. The third-order valence-electron chi connectivity index (χ3n) is 11.8. The molecule has 1 saturated heterocycles. The lowest BCUT2D eigenvalue weighted by atomic mass is 9.37. The van der Waals surface area contributed by atoms with Gasteiger partial charge < -0.3 is 9.47 Å². The Kier molecular flexibility index (Phi) is 5.90. The molecule has 0 aromatic carbocycles. The highest BCUT2D eigenvalue weighted by atomic mass is 16.6. The molecule has 0 aromatic rings. The topological polar surface area (TPSA) is 73.0 Å². The van der Waals surface area contributed by atoms with Crippen LogP contribution in [-0.2, 0) is 23.9 Å². The van der Waals surface area contributed by atoms with Gasteiger partial charge in [-0.3, -0.25) is 14.4 Å². The van der Waals surface area contributed by atoms with Crippen molar-refractivity contribution in [3.63, 3.8) is 0 Å². The van der Waals surface area contributed by atoms with Gasteiger partial charge in [0.25, 0.3) is 0 Å². The molecule has 5 aliphatic rings. The highest BCUT2D eigenvalue weighted by molar-refractivity contribution is 6.01. The number of carbonyl (C=O) groups excluding carboxylic acids is 3. The van der Waals surface area contributed by atoms with Gasteiger partial charge in [0, 0.05) is 36.2 Å². The predicted molar refractivity (Wildman–Crippen MR) is 143 cm³/mol. The lowest BCUT2D eigenvalue weighted by molar-refractivity contribution is -0.165. The first-order chi connectivity index (χ1) is 17.0. The van der Waals surface area contributed by atoms with Crippen LogP contribution < -0.4 is 0 Å². The van der Waals surface area contributed by atoms with Crippen molar-refractivity contribution in [1.29, 1.82) is 0 Å². The zero-order chi connectivity index (χ0) is 27.3. The van der Waals surface area contributed by atoms with Crippen LogP contribution in [-0.4, -0.2) is 35.3 Å². The third kappa shape index (κ3) is 3.69. The smallest absolute Gasteiger partial charge is 0.302 e. The Morgan fingerprint density at radius 3 is 2.35 bits per heavy atom. The fourth-order valence-corrected chi connectivity index (χ4v) is 9.54. The van der Waals surface area contributed by atoms with Gasteiger partial charge in [-0.05, 0) is 73.7 Å². The normalized spacial score (nSPS) is 43.0. The molecule has 204 valence electrons. The standard InChI is InChI=1S/C32H46O5/c1-18(16-22(36-19(2)33)27-29(5,6)37-27)26-20-10-11-24-30(7)14-13-25(35)28(3,4)23(30)12-15-31(24,8)32(20,9)17-21(26)34/h10-11,18,22-24,27H,12-17H2,1-9H3/t18-,22+,23?,24+,27-,30+,31+,32+/m1/s1. The summed E-state index contributed by atoms with van der Waals surface area (Å²) >= 11 is 0. The van der Waals surface area contributed by atoms with Crippen molar-refractivity contribution < 1.29 is 23.9 Å². The van der Waals surface area contributed by atoms with Gasteiger partial charge in [-0.25, -0.2) is 0 Å². The van der Waals surface area contributed by atoms with E-state index in [1.54, 1.807) is 0 Å². The molecule has 37 heavy (non-hydrogen) atoms. The summed E-state index contributed by atoms with van der Waals surface area (Å²) in [6, 6.07) is 0. The molecule has 2 saturated carbocycles. The molecule has 0 bridgehead atoms. The highest BCUT2D eigenvalue weighted by Gasteiger charge is 2.67. The first kappa shape index (κ1) is 26.8.